The number of hydrazone groups is 1. The second kappa shape index (κ2) is 11.8. The van der Waals surface area contributed by atoms with Gasteiger partial charge in [-0.2, -0.15) is 4.98 Å². The summed E-state index contributed by atoms with van der Waals surface area (Å²) in [5.74, 6) is 0.532. The second-order valence-corrected chi connectivity index (χ2v) is 13.1. The molecule has 0 aliphatic carbocycles. The van der Waals surface area contributed by atoms with Crippen molar-refractivity contribution >= 4 is 47.4 Å². The van der Waals surface area contributed by atoms with E-state index in [0.29, 0.717) is 24.1 Å². The molecule has 0 radical (unpaired) electrons. The number of benzene rings is 1. The first-order chi connectivity index (χ1) is 20.6. The van der Waals surface area contributed by atoms with Gasteiger partial charge in [-0.15, -0.1) is 5.10 Å². The lowest BCUT2D eigenvalue weighted by Gasteiger charge is -2.42. The van der Waals surface area contributed by atoms with Crippen molar-refractivity contribution in [2.75, 3.05) is 43.0 Å². The minimum Gasteiger partial charge on any atom is -0.444 e. The number of carbonyl (C=O) groups is 1. The predicted octanol–water partition coefficient (Wildman–Crippen LogP) is 4.18. The molecule has 1 unspecified atom stereocenters. The van der Waals surface area contributed by atoms with Gasteiger partial charge in [0.05, 0.1) is 12.3 Å². The molecular weight excluding hydrogens is 568 g/mol. The number of fused-ring (bicyclic) bond motifs is 1. The monoisotopic (exact) mass is 607 g/mol. The van der Waals surface area contributed by atoms with Gasteiger partial charge in [-0.3, -0.25) is 0 Å². The number of anilines is 2. The summed E-state index contributed by atoms with van der Waals surface area (Å²) < 4.78 is 9.32. The Balaban J connectivity index is 1.08. The first-order valence-corrected chi connectivity index (χ1v) is 15.4. The van der Waals surface area contributed by atoms with Gasteiger partial charge >= 0.3 is 6.09 Å². The largest absolute Gasteiger partial charge is 0.444 e. The highest BCUT2D eigenvalue weighted by molar-refractivity contribution is 6.30. The Bertz CT molecular complexity index is 1510. The van der Waals surface area contributed by atoms with E-state index in [-0.39, 0.29) is 30.2 Å². The standard InChI is InChI=1S/C31H40ClN8O3/c1-30(2,3)43-29(42)38-15-10-25(11-16-38)40-20-24(19-33-40)34-28-35-27-26(5-4-14-39(27)36-28)37-17-12-31(21-41,13-18-37)22-6-8-23(32)9-7-22/h4-9,14,19-20,24-25,41H,10-13,15-18,21H2,1-3H3,(H,34,36)/q+1. The van der Waals surface area contributed by atoms with Gasteiger partial charge in [0.15, 0.2) is 17.7 Å². The third-order valence-corrected chi connectivity index (χ3v) is 8.87. The van der Waals surface area contributed by atoms with E-state index in [9.17, 15) is 9.90 Å². The van der Waals surface area contributed by atoms with E-state index in [4.69, 9.17) is 21.3 Å². The molecule has 2 N–H and O–H groups in total. The Morgan fingerprint density at radius 2 is 1.86 bits per heavy atom. The summed E-state index contributed by atoms with van der Waals surface area (Å²) in [5.41, 5.74) is 2.16. The molecule has 0 bridgehead atoms. The molecule has 1 atom stereocenters. The molecule has 2 fully saturated rings. The SMILES string of the molecule is CC(C)(C)OC(=O)N1CCC([N+]2=CC(Nc3nc4c(N5CCC(CO)(c6ccc(Cl)cc6)CC5)cccn4n3)C=N2)CC1. The molecule has 3 aliphatic rings. The number of carbonyl (C=O) groups excluding carboxylic acids is 1. The quantitative estimate of drug-likeness (QED) is 0.405. The van der Waals surface area contributed by atoms with Crippen LogP contribution >= 0.6 is 11.6 Å². The van der Waals surface area contributed by atoms with E-state index >= 15 is 0 Å². The van der Waals surface area contributed by atoms with Gasteiger partial charge in [0.1, 0.15) is 11.8 Å². The molecule has 0 spiro atoms. The van der Waals surface area contributed by atoms with Crippen LogP contribution in [0.3, 0.4) is 0 Å². The third-order valence-electron chi connectivity index (χ3n) is 8.62. The van der Waals surface area contributed by atoms with Crippen molar-refractivity contribution < 1.29 is 19.3 Å². The summed E-state index contributed by atoms with van der Waals surface area (Å²) >= 11 is 6.11. The summed E-state index contributed by atoms with van der Waals surface area (Å²) in [7, 11) is 0. The Labute approximate surface area is 256 Å². The molecule has 2 saturated heterocycles. The van der Waals surface area contributed by atoms with Crippen molar-refractivity contribution in [2.24, 2.45) is 5.10 Å². The Morgan fingerprint density at radius 3 is 2.53 bits per heavy atom. The van der Waals surface area contributed by atoms with Crippen LogP contribution in [-0.4, -0.2) is 98.3 Å². The number of likely N-dealkylation sites (tertiary alicyclic amines) is 1. The number of nitrogens with one attached hydrogen (secondary N) is 1. The van der Waals surface area contributed by atoms with Gasteiger partial charge in [0.25, 0.3) is 0 Å². The number of halogens is 1. The van der Waals surface area contributed by atoms with Crippen LogP contribution in [0.5, 0.6) is 0 Å². The van der Waals surface area contributed by atoms with E-state index in [0.717, 1.165) is 55.7 Å². The molecule has 11 nitrogen and oxygen atoms in total. The zero-order valence-corrected chi connectivity index (χ0v) is 25.7. The number of aliphatic hydroxyl groups excluding tert-OH is 1. The molecular formula is C31H40ClN8O3+. The van der Waals surface area contributed by atoms with Crippen LogP contribution in [0.4, 0.5) is 16.4 Å². The van der Waals surface area contributed by atoms with Gasteiger partial charge in [0, 0.05) is 55.7 Å². The molecule has 3 aliphatic heterocycles. The molecule has 3 aromatic rings. The molecule has 2 aromatic heterocycles. The number of hydrogen-bond donors (Lipinski definition) is 2. The average Bonchev–Trinajstić information content (AvgIpc) is 3.64. The third kappa shape index (κ3) is 6.33. The lowest BCUT2D eigenvalue weighted by molar-refractivity contribution is -0.568. The molecule has 6 rings (SSSR count). The minimum atomic E-state index is -0.496. The maximum absolute atomic E-state index is 12.4. The summed E-state index contributed by atoms with van der Waals surface area (Å²) in [4.78, 5) is 21.4. The summed E-state index contributed by atoms with van der Waals surface area (Å²) in [5, 5.41) is 23.8. The maximum atomic E-state index is 12.4. The van der Waals surface area contributed by atoms with Crippen molar-refractivity contribution in [3.8, 4) is 0 Å². The van der Waals surface area contributed by atoms with Crippen molar-refractivity contribution in [2.45, 2.75) is 69.6 Å². The minimum absolute atomic E-state index is 0.102. The van der Waals surface area contributed by atoms with Gasteiger partial charge < -0.3 is 25.0 Å². The molecule has 1 aromatic carbocycles. The first-order valence-electron chi connectivity index (χ1n) is 15.0. The van der Waals surface area contributed by atoms with Crippen LogP contribution in [0.2, 0.25) is 5.02 Å². The molecule has 5 heterocycles. The molecule has 12 heteroatoms. The fourth-order valence-corrected chi connectivity index (χ4v) is 6.31. The fourth-order valence-electron chi connectivity index (χ4n) is 6.19. The molecule has 43 heavy (non-hydrogen) atoms. The number of piperidine rings is 2. The number of nitrogens with zero attached hydrogens (tertiary/aromatic N) is 7. The van der Waals surface area contributed by atoms with Gasteiger partial charge in [-0.05, 0) is 68.5 Å². The number of ether oxygens (including phenoxy) is 1. The average molecular weight is 608 g/mol. The van der Waals surface area contributed by atoms with Crippen LogP contribution in [0.25, 0.3) is 5.65 Å². The molecule has 0 saturated carbocycles. The van der Waals surface area contributed by atoms with Crippen molar-refractivity contribution in [1.82, 2.24) is 19.5 Å². The predicted molar refractivity (Wildman–Crippen MR) is 168 cm³/mol. The topological polar surface area (TPSA) is 111 Å². The van der Waals surface area contributed by atoms with Crippen LogP contribution < -0.4 is 10.2 Å². The van der Waals surface area contributed by atoms with E-state index in [1.54, 1.807) is 9.42 Å². The number of pyridine rings is 1. The zero-order valence-electron chi connectivity index (χ0n) is 25.0. The first kappa shape index (κ1) is 29.4. The number of aromatic nitrogens is 3. The van der Waals surface area contributed by atoms with Gasteiger partial charge in [-0.25, -0.2) is 9.31 Å². The number of rotatable bonds is 6. The van der Waals surface area contributed by atoms with Crippen LogP contribution in [0.15, 0.2) is 47.7 Å². The van der Waals surface area contributed by atoms with Crippen molar-refractivity contribution in [3.63, 3.8) is 0 Å². The lowest BCUT2D eigenvalue weighted by Crippen LogP contribution is -2.45. The molecule has 228 valence electrons. The highest BCUT2D eigenvalue weighted by Gasteiger charge is 2.37. The highest BCUT2D eigenvalue weighted by atomic mass is 35.5. The fraction of sp³-hybridized carbons (Fsp3) is 0.516. The van der Waals surface area contributed by atoms with E-state index in [2.05, 4.69) is 32.7 Å². The number of amides is 1. The lowest BCUT2D eigenvalue weighted by atomic mass is 9.73. The Morgan fingerprint density at radius 1 is 1.14 bits per heavy atom. The smallest absolute Gasteiger partial charge is 0.410 e. The summed E-state index contributed by atoms with van der Waals surface area (Å²) in [6.07, 6.45) is 8.86. The number of hydrogen-bond acceptors (Lipinski definition) is 8. The van der Waals surface area contributed by atoms with E-state index in [1.807, 2.05) is 68.2 Å². The number of aliphatic hydroxyl groups is 1. The van der Waals surface area contributed by atoms with E-state index < -0.39 is 5.60 Å². The zero-order chi connectivity index (χ0) is 30.2. The van der Waals surface area contributed by atoms with Crippen LogP contribution in [0.1, 0.15) is 52.0 Å². The molecule has 1 amide bonds. The Kier molecular flexibility index (Phi) is 8.04. The second-order valence-electron chi connectivity index (χ2n) is 12.7. The summed E-state index contributed by atoms with van der Waals surface area (Å²) in [6, 6.07) is 12.0. The van der Waals surface area contributed by atoms with E-state index in [1.165, 1.54) is 0 Å². The summed E-state index contributed by atoms with van der Waals surface area (Å²) in [6.45, 7) is 8.63. The van der Waals surface area contributed by atoms with Gasteiger partial charge in [0.2, 0.25) is 12.2 Å². The maximum Gasteiger partial charge on any atom is 0.410 e. The van der Waals surface area contributed by atoms with Crippen molar-refractivity contribution in [3.05, 3.63) is 53.2 Å². The normalized spacial score (nSPS) is 20.9. The van der Waals surface area contributed by atoms with Crippen LogP contribution in [0, 0.1) is 0 Å². The Hall–Kier alpha value is -3.70. The van der Waals surface area contributed by atoms with Crippen molar-refractivity contribution in [1.29, 1.82) is 0 Å². The van der Waals surface area contributed by atoms with Gasteiger partial charge in [-0.1, -0.05) is 28.4 Å². The highest BCUT2D eigenvalue weighted by Crippen LogP contribution is 2.38. The van der Waals surface area contributed by atoms with Crippen LogP contribution in [-0.2, 0) is 10.2 Å².